The van der Waals surface area contributed by atoms with E-state index >= 15 is 0 Å². The molecule has 0 aromatic heterocycles. The van der Waals surface area contributed by atoms with E-state index in [4.69, 9.17) is 0 Å². The maximum Gasteiger partial charge on any atom is -0.00923 e. The zero-order valence-corrected chi connectivity index (χ0v) is 16.4. The first-order valence-corrected chi connectivity index (χ1v) is 10.5. The van der Waals surface area contributed by atoms with E-state index in [0.717, 1.165) is 0 Å². The Morgan fingerprint density at radius 2 is 0.667 bits per heavy atom. The third kappa shape index (κ3) is 2.11. The fraction of sp³-hybridized carbons (Fsp3) is 0. The molecule has 0 amide bonds. The van der Waals surface area contributed by atoms with Crippen molar-refractivity contribution in [3.05, 3.63) is 109 Å². The number of rotatable bonds is 0. The minimum absolute atomic E-state index is 1.29. The number of benzene rings is 7. The van der Waals surface area contributed by atoms with Gasteiger partial charge in [-0.15, -0.1) is 0 Å². The summed E-state index contributed by atoms with van der Waals surface area (Å²) in [5.41, 5.74) is 0. The Hall–Kier alpha value is -3.90. The van der Waals surface area contributed by atoms with E-state index in [0.29, 0.717) is 0 Å². The molecular formula is C30H18. The summed E-state index contributed by atoms with van der Waals surface area (Å²) in [5.74, 6) is 0. The Morgan fingerprint density at radius 3 is 1.33 bits per heavy atom. The summed E-state index contributed by atoms with van der Waals surface area (Å²) < 4.78 is 0. The molecule has 138 valence electrons. The molecule has 0 spiro atoms. The summed E-state index contributed by atoms with van der Waals surface area (Å²) in [7, 11) is 0. The van der Waals surface area contributed by atoms with Crippen LogP contribution in [0.15, 0.2) is 109 Å². The number of fused-ring (bicyclic) bond motifs is 10. The number of hydrogen-bond acceptors (Lipinski definition) is 0. The summed E-state index contributed by atoms with van der Waals surface area (Å²) >= 11 is 0. The Bertz CT molecular complexity index is 1790. The van der Waals surface area contributed by atoms with Crippen LogP contribution in [0.2, 0.25) is 0 Å². The van der Waals surface area contributed by atoms with Crippen molar-refractivity contribution < 1.29 is 0 Å². The predicted octanol–water partition coefficient (Wildman–Crippen LogP) is 8.61. The van der Waals surface area contributed by atoms with Crippen molar-refractivity contribution in [2.75, 3.05) is 0 Å². The van der Waals surface area contributed by atoms with Crippen molar-refractivity contribution in [1.29, 1.82) is 0 Å². The molecule has 0 unspecified atom stereocenters. The molecule has 0 aliphatic rings. The molecule has 0 heterocycles. The SMILES string of the molecule is c1ccc2cc3c(cc2c1)c1ccccc1c1cc2c(ccc4ccccc42)cc31. The minimum Gasteiger partial charge on any atom is -0.0616 e. The summed E-state index contributed by atoms with van der Waals surface area (Å²) in [6.07, 6.45) is 0. The van der Waals surface area contributed by atoms with Crippen LogP contribution in [0.25, 0.3) is 64.6 Å². The molecule has 0 aliphatic carbocycles. The van der Waals surface area contributed by atoms with E-state index in [9.17, 15) is 0 Å². The average molecular weight is 378 g/mol. The smallest absolute Gasteiger partial charge is 0.00923 e. The van der Waals surface area contributed by atoms with E-state index in [1.165, 1.54) is 64.6 Å². The highest BCUT2D eigenvalue weighted by Crippen LogP contribution is 2.40. The predicted molar refractivity (Wildman–Crippen MR) is 131 cm³/mol. The fourth-order valence-electron chi connectivity index (χ4n) is 5.14. The van der Waals surface area contributed by atoms with Gasteiger partial charge in [0, 0.05) is 0 Å². The molecule has 0 atom stereocenters. The van der Waals surface area contributed by atoms with Crippen LogP contribution in [0.3, 0.4) is 0 Å². The summed E-state index contributed by atoms with van der Waals surface area (Å²) in [5, 5.41) is 15.8. The Kier molecular flexibility index (Phi) is 3.09. The van der Waals surface area contributed by atoms with Crippen LogP contribution in [0, 0.1) is 0 Å². The highest BCUT2D eigenvalue weighted by atomic mass is 14.1. The quantitative estimate of drug-likeness (QED) is 0.183. The van der Waals surface area contributed by atoms with Gasteiger partial charge in [-0.2, -0.15) is 0 Å². The van der Waals surface area contributed by atoms with E-state index < -0.39 is 0 Å². The van der Waals surface area contributed by atoms with Crippen LogP contribution in [-0.2, 0) is 0 Å². The normalized spacial score (nSPS) is 12.0. The molecule has 0 saturated heterocycles. The van der Waals surface area contributed by atoms with Crippen molar-refractivity contribution >= 4 is 64.6 Å². The second-order valence-corrected chi connectivity index (χ2v) is 8.20. The van der Waals surface area contributed by atoms with Gasteiger partial charge in [-0.25, -0.2) is 0 Å². The molecule has 7 rings (SSSR count). The lowest BCUT2D eigenvalue weighted by atomic mass is 9.90. The van der Waals surface area contributed by atoms with Gasteiger partial charge in [-0.1, -0.05) is 84.9 Å². The van der Waals surface area contributed by atoms with Gasteiger partial charge in [0.25, 0.3) is 0 Å². The van der Waals surface area contributed by atoms with Crippen molar-refractivity contribution in [3.8, 4) is 0 Å². The zero-order chi connectivity index (χ0) is 19.7. The van der Waals surface area contributed by atoms with Gasteiger partial charge in [-0.3, -0.25) is 0 Å². The van der Waals surface area contributed by atoms with E-state index in [-0.39, 0.29) is 0 Å². The highest BCUT2D eigenvalue weighted by molar-refractivity contribution is 6.30. The van der Waals surface area contributed by atoms with Crippen molar-refractivity contribution in [2.24, 2.45) is 0 Å². The minimum atomic E-state index is 1.29. The molecule has 7 aromatic carbocycles. The molecule has 7 aromatic rings. The monoisotopic (exact) mass is 378 g/mol. The second kappa shape index (κ2) is 5.81. The molecule has 0 radical (unpaired) electrons. The maximum atomic E-state index is 2.41. The molecular weight excluding hydrogens is 360 g/mol. The first kappa shape index (κ1) is 16.0. The van der Waals surface area contributed by atoms with Crippen molar-refractivity contribution in [3.63, 3.8) is 0 Å². The van der Waals surface area contributed by atoms with Gasteiger partial charge >= 0.3 is 0 Å². The summed E-state index contributed by atoms with van der Waals surface area (Å²) in [6, 6.07) is 40.2. The van der Waals surface area contributed by atoms with Crippen LogP contribution in [-0.4, -0.2) is 0 Å². The first-order valence-electron chi connectivity index (χ1n) is 10.5. The standard InChI is InChI=1S/C30H18/c1-2-9-21-16-28-27(15-20(21)8-1)24-11-5-6-12-25(24)30-18-26-22(17-29(28)30)14-13-19-7-3-4-10-23(19)26/h1-18H. The van der Waals surface area contributed by atoms with Gasteiger partial charge in [0.05, 0.1) is 0 Å². The average Bonchev–Trinajstić information content (AvgIpc) is 2.82. The van der Waals surface area contributed by atoms with E-state index in [2.05, 4.69) is 109 Å². The van der Waals surface area contributed by atoms with Crippen LogP contribution in [0.4, 0.5) is 0 Å². The molecule has 30 heavy (non-hydrogen) atoms. The molecule has 0 N–H and O–H groups in total. The first-order chi connectivity index (χ1) is 14.9. The lowest BCUT2D eigenvalue weighted by molar-refractivity contribution is 1.78. The number of hydrogen-bond donors (Lipinski definition) is 0. The Balaban J connectivity index is 1.78. The third-order valence-electron chi connectivity index (χ3n) is 6.57. The van der Waals surface area contributed by atoms with Gasteiger partial charge in [0.15, 0.2) is 0 Å². The van der Waals surface area contributed by atoms with Gasteiger partial charge in [0.2, 0.25) is 0 Å². The van der Waals surface area contributed by atoms with Gasteiger partial charge < -0.3 is 0 Å². The molecule has 0 aliphatic heterocycles. The summed E-state index contributed by atoms with van der Waals surface area (Å²) in [6.45, 7) is 0. The molecule has 0 nitrogen and oxygen atoms in total. The molecule has 0 saturated carbocycles. The van der Waals surface area contributed by atoms with Crippen molar-refractivity contribution in [2.45, 2.75) is 0 Å². The highest BCUT2D eigenvalue weighted by Gasteiger charge is 2.11. The van der Waals surface area contributed by atoms with Crippen LogP contribution >= 0.6 is 0 Å². The third-order valence-corrected chi connectivity index (χ3v) is 6.57. The van der Waals surface area contributed by atoms with Crippen LogP contribution in [0.5, 0.6) is 0 Å². The Morgan fingerprint density at radius 1 is 0.233 bits per heavy atom. The largest absolute Gasteiger partial charge is 0.0616 e. The summed E-state index contributed by atoms with van der Waals surface area (Å²) in [4.78, 5) is 0. The van der Waals surface area contributed by atoms with E-state index in [1.807, 2.05) is 0 Å². The molecule has 0 heteroatoms. The Labute approximate surface area is 174 Å². The van der Waals surface area contributed by atoms with E-state index in [1.54, 1.807) is 0 Å². The zero-order valence-electron chi connectivity index (χ0n) is 16.4. The van der Waals surface area contributed by atoms with Gasteiger partial charge in [-0.05, 0) is 88.9 Å². The van der Waals surface area contributed by atoms with Crippen LogP contribution in [0.1, 0.15) is 0 Å². The topological polar surface area (TPSA) is 0 Å². The van der Waals surface area contributed by atoms with Crippen LogP contribution < -0.4 is 0 Å². The second-order valence-electron chi connectivity index (χ2n) is 8.20. The molecule has 0 bridgehead atoms. The maximum absolute atomic E-state index is 2.41. The van der Waals surface area contributed by atoms with Crippen molar-refractivity contribution in [1.82, 2.24) is 0 Å². The molecule has 0 fully saturated rings. The lowest BCUT2D eigenvalue weighted by Crippen LogP contribution is -1.86. The van der Waals surface area contributed by atoms with Gasteiger partial charge in [0.1, 0.15) is 0 Å². The fourth-order valence-corrected chi connectivity index (χ4v) is 5.14. The lowest BCUT2D eigenvalue weighted by Gasteiger charge is -2.14.